The number of hydrogen-bond acceptors (Lipinski definition) is 3. The number of hydrogen-bond donors (Lipinski definition) is 2. The number of aromatic nitrogens is 2. The zero-order chi connectivity index (χ0) is 12.1. The summed E-state index contributed by atoms with van der Waals surface area (Å²) < 4.78 is 0. The molecule has 2 rings (SSSR count). The smallest absolute Gasteiger partial charge is 0.254 e. The van der Waals surface area contributed by atoms with E-state index in [1.165, 1.54) is 12.4 Å². The zero-order valence-electron chi connectivity index (χ0n) is 8.97. The lowest BCUT2D eigenvalue weighted by Crippen LogP contribution is -2.22. The molecule has 0 saturated carbocycles. The summed E-state index contributed by atoms with van der Waals surface area (Å²) in [5, 5.41) is 17.8. The maximum Gasteiger partial charge on any atom is 0.254 e. The van der Waals surface area contributed by atoms with Crippen LogP contribution in [0.3, 0.4) is 0 Å². The molecule has 0 fully saturated rings. The minimum atomic E-state index is -0.193. The van der Waals surface area contributed by atoms with Crippen molar-refractivity contribution in [3.8, 4) is 6.07 Å². The summed E-state index contributed by atoms with van der Waals surface area (Å²) in [4.78, 5) is 11.6. The number of aromatic amines is 1. The number of amides is 1. The van der Waals surface area contributed by atoms with Gasteiger partial charge in [0.1, 0.15) is 0 Å². The van der Waals surface area contributed by atoms with E-state index in [2.05, 4.69) is 21.6 Å². The van der Waals surface area contributed by atoms with Gasteiger partial charge in [0.2, 0.25) is 0 Å². The van der Waals surface area contributed by atoms with Gasteiger partial charge >= 0.3 is 0 Å². The molecule has 0 radical (unpaired) electrons. The van der Waals surface area contributed by atoms with E-state index < -0.39 is 0 Å². The molecule has 1 aromatic heterocycles. The van der Waals surface area contributed by atoms with E-state index >= 15 is 0 Å². The van der Waals surface area contributed by atoms with Crippen LogP contribution >= 0.6 is 0 Å². The molecule has 17 heavy (non-hydrogen) atoms. The van der Waals surface area contributed by atoms with Crippen LogP contribution in [0.15, 0.2) is 36.7 Å². The molecule has 0 unspecified atom stereocenters. The van der Waals surface area contributed by atoms with Crippen molar-refractivity contribution < 1.29 is 4.79 Å². The van der Waals surface area contributed by atoms with Crippen LogP contribution in [-0.2, 0) is 6.54 Å². The van der Waals surface area contributed by atoms with Gasteiger partial charge in [0, 0.05) is 12.7 Å². The summed E-state index contributed by atoms with van der Waals surface area (Å²) in [6.45, 7) is 0.388. The van der Waals surface area contributed by atoms with E-state index in [-0.39, 0.29) is 5.91 Å². The number of nitrogens with zero attached hydrogens (tertiary/aromatic N) is 2. The second kappa shape index (κ2) is 4.94. The van der Waals surface area contributed by atoms with E-state index in [0.717, 1.165) is 5.56 Å². The molecule has 0 aliphatic rings. The van der Waals surface area contributed by atoms with Gasteiger partial charge in [-0.2, -0.15) is 10.4 Å². The standard InChI is InChI=1S/C12H10N4O/c13-5-9-2-1-3-10(4-9)6-14-12(17)11-7-15-16-8-11/h1-4,7-8H,6H2,(H,14,17)(H,15,16). The predicted octanol–water partition coefficient (Wildman–Crippen LogP) is 1.21. The van der Waals surface area contributed by atoms with Crippen LogP contribution in [-0.4, -0.2) is 16.1 Å². The highest BCUT2D eigenvalue weighted by Gasteiger charge is 2.05. The van der Waals surface area contributed by atoms with Gasteiger partial charge in [0.05, 0.1) is 23.4 Å². The molecule has 0 aliphatic heterocycles. The van der Waals surface area contributed by atoms with E-state index in [1.807, 2.05) is 6.07 Å². The first kappa shape index (κ1) is 10.9. The molecule has 84 valence electrons. The first-order chi connectivity index (χ1) is 8.29. The van der Waals surface area contributed by atoms with Crippen molar-refractivity contribution in [1.29, 1.82) is 5.26 Å². The molecule has 0 atom stereocenters. The molecule has 5 nitrogen and oxygen atoms in total. The van der Waals surface area contributed by atoms with Gasteiger partial charge in [-0.05, 0) is 17.7 Å². The Bertz CT molecular complexity index is 554. The SMILES string of the molecule is N#Cc1cccc(CNC(=O)c2cn[nH]c2)c1. The Kier molecular flexibility index (Phi) is 3.17. The fourth-order valence-electron chi connectivity index (χ4n) is 1.41. The number of carbonyl (C=O) groups is 1. The normalized spacial score (nSPS) is 9.59. The van der Waals surface area contributed by atoms with Crippen LogP contribution in [0.5, 0.6) is 0 Å². The molecular formula is C12H10N4O. The zero-order valence-corrected chi connectivity index (χ0v) is 8.97. The highest BCUT2D eigenvalue weighted by molar-refractivity contribution is 5.93. The Balaban J connectivity index is 1.98. The molecule has 1 heterocycles. The lowest BCUT2D eigenvalue weighted by Gasteiger charge is -2.03. The van der Waals surface area contributed by atoms with Crippen molar-refractivity contribution in [3.63, 3.8) is 0 Å². The highest BCUT2D eigenvalue weighted by atomic mass is 16.1. The topological polar surface area (TPSA) is 81.6 Å². The fourth-order valence-corrected chi connectivity index (χ4v) is 1.41. The van der Waals surface area contributed by atoms with Crippen LogP contribution in [0.1, 0.15) is 21.5 Å². The van der Waals surface area contributed by atoms with Crippen molar-refractivity contribution in [1.82, 2.24) is 15.5 Å². The third-order valence-electron chi connectivity index (χ3n) is 2.27. The Hall–Kier alpha value is -2.61. The van der Waals surface area contributed by atoms with Crippen LogP contribution in [0.2, 0.25) is 0 Å². The Morgan fingerprint density at radius 1 is 1.53 bits per heavy atom. The molecule has 1 amide bonds. The first-order valence-corrected chi connectivity index (χ1v) is 5.05. The molecule has 2 N–H and O–H groups in total. The fraction of sp³-hybridized carbons (Fsp3) is 0.0833. The average molecular weight is 226 g/mol. The Morgan fingerprint density at radius 3 is 3.12 bits per heavy atom. The average Bonchev–Trinajstić information content (AvgIpc) is 2.90. The minimum absolute atomic E-state index is 0.193. The molecule has 1 aromatic carbocycles. The summed E-state index contributed by atoms with van der Waals surface area (Å²) in [5.74, 6) is -0.193. The van der Waals surface area contributed by atoms with Crippen LogP contribution < -0.4 is 5.32 Å². The summed E-state index contributed by atoms with van der Waals surface area (Å²) in [6.07, 6.45) is 2.99. The first-order valence-electron chi connectivity index (χ1n) is 5.05. The van der Waals surface area contributed by atoms with E-state index in [1.54, 1.807) is 18.2 Å². The second-order valence-electron chi connectivity index (χ2n) is 3.48. The molecule has 2 aromatic rings. The van der Waals surface area contributed by atoms with Gasteiger partial charge in [-0.25, -0.2) is 0 Å². The van der Waals surface area contributed by atoms with Gasteiger partial charge in [0.25, 0.3) is 5.91 Å². The van der Waals surface area contributed by atoms with Gasteiger partial charge in [-0.15, -0.1) is 0 Å². The third kappa shape index (κ3) is 2.69. The molecule has 0 spiro atoms. The largest absolute Gasteiger partial charge is 0.348 e. The summed E-state index contributed by atoms with van der Waals surface area (Å²) >= 11 is 0. The quantitative estimate of drug-likeness (QED) is 0.825. The molecule has 0 aliphatic carbocycles. The second-order valence-corrected chi connectivity index (χ2v) is 3.48. The van der Waals surface area contributed by atoms with E-state index in [4.69, 9.17) is 5.26 Å². The van der Waals surface area contributed by atoms with Crippen LogP contribution in [0, 0.1) is 11.3 Å². The van der Waals surface area contributed by atoms with Gasteiger partial charge < -0.3 is 5.32 Å². The summed E-state index contributed by atoms with van der Waals surface area (Å²) in [6, 6.07) is 9.17. The highest BCUT2D eigenvalue weighted by Crippen LogP contribution is 2.04. The van der Waals surface area contributed by atoms with Gasteiger partial charge in [-0.3, -0.25) is 9.89 Å². The van der Waals surface area contributed by atoms with Crippen molar-refractivity contribution in [2.45, 2.75) is 6.54 Å². The van der Waals surface area contributed by atoms with Crippen LogP contribution in [0.25, 0.3) is 0 Å². The Labute approximate surface area is 98.1 Å². The summed E-state index contributed by atoms with van der Waals surface area (Å²) in [5.41, 5.74) is 1.96. The number of benzene rings is 1. The lowest BCUT2D eigenvalue weighted by atomic mass is 10.1. The molecule has 5 heteroatoms. The van der Waals surface area contributed by atoms with Crippen molar-refractivity contribution >= 4 is 5.91 Å². The van der Waals surface area contributed by atoms with Gasteiger partial charge in [0.15, 0.2) is 0 Å². The van der Waals surface area contributed by atoms with Crippen molar-refractivity contribution in [2.75, 3.05) is 0 Å². The molecule has 0 bridgehead atoms. The number of rotatable bonds is 3. The van der Waals surface area contributed by atoms with E-state index in [9.17, 15) is 4.79 Å². The number of H-pyrrole nitrogens is 1. The maximum atomic E-state index is 11.6. The van der Waals surface area contributed by atoms with Gasteiger partial charge in [-0.1, -0.05) is 12.1 Å². The number of carbonyl (C=O) groups excluding carboxylic acids is 1. The number of nitriles is 1. The van der Waals surface area contributed by atoms with Crippen molar-refractivity contribution in [2.24, 2.45) is 0 Å². The Morgan fingerprint density at radius 2 is 2.41 bits per heavy atom. The molecule has 0 saturated heterocycles. The van der Waals surface area contributed by atoms with E-state index in [0.29, 0.717) is 17.7 Å². The number of nitrogens with one attached hydrogen (secondary N) is 2. The predicted molar refractivity (Wildman–Crippen MR) is 60.9 cm³/mol. The lowest BCUT2D eigenvalue weighted by molar-refractivity contribution is 0.0951. The van der Waals surface area contributed by atoms with Crippen molar-refractivity contribution in [3.05, 3.63) is 53.3 Å². The van der Waals surface area contributed by atoms with Crippen LogP contribution in [0.4, 0.5) is 0 Å². The maximum absolute atomic E-state index is 11.6. The summed E-state index contributed by atoms with van der Waals surface area (Å²) in [7, 11) is 0. The third-order valence-corrected chi connectivity index (χ3v) is 2.27. The monoisotopic (exact) mass is 226 g/mol. The molecular weight excluding hydrogens is 216 g/mol. The minimum Gasteiger partial charge on any atom is -0.348 e.